The van der Waals surface area contributed by atoms with E-state index in [1.165, 1.54) is 0 Å². The molecule has 0 bridgehead atoms. The lowest BCUT2D eigenvalue weighted by Gasteiger charge is -2.15. The Morgan fingerprint density at radius 3 is 2.79 bits per heavy atom. The van der Waals surface area contributed by atoms with Gasteiger partial charge < -0.3 is 9.47 Å². The summed E-state index contributed by atoms with van der Waals surface area (Å²) in [5, 5.41) is 1.04. The molecule has 19 heavy (non-hydrogen) atoms. The number of fused-ring (bicyclic) bond motifs is 1. The van der Waals surface area contributed by atoms with E-state index in [4.69, 9.17) is 0 Å². The number of anilines is 1. The van der Waals surface area contributed by atoms with Crippen molar-refractivity contribution in [3.63, 3.8) is 0 Å². The third kappa shape index (κ3) is 2.10. The normalized spacial score (nSPS) is 10.9. The van der Waals surface area contributed by atoms with Crippen molar-refractivity contribution in [1.82, 2.24) is 14.5 Å². The van der Waals surface area contributed by atoms with Gasteiger partial charge in [-0.1, -0.05) is 0 Å². The third-order valence-corrected chi connectivity index (χ3v) is 3.68. The van der Waals surface area contributed by atoms with Crippen molar-refractivity contribution in [2.75, 3.05) is 19.0 Å². The Labute approximate surface area is 119 Å². The van der Waals surface area contributed by atoms with E-state index < -0.39 is 0 Å². The van der Waals surface area contributed by atoms with Crippen LogP contribution in [0, 0.1) is 0 Å². The van der Waals surface area contributed by atoms with Crippen LogP contribution >= 0.6 is 15.9 Å². The predicted octanol–water partition coefficient (Wildman–Crippen LogP) is 3.25. The van der Waals surface area contributed by atoms with Crippen LogP contribution in [0.15, 0.2) is 47.5 Å². The topological polar surface area (TPSA) is 34.0 Å². The van der Waals surface area contributed by atoms with Gasteiger partial charge in [0.05, 0.1) is 5.69 Å². The molecule has 96 valence electrons. The van der Waals surface area contributed by atoms with Crippen molar-refractivity contribution in [3.05, 3.63) is 47.5 Å². The first kappa shape index (κ1) is 12.2. The summed E-state index contributed by atoms with van der Waals surface area (Å²) in [5.41, 5.74) is 3.14. The SMILES string of the molecule is CN(C)c1ccc(-n2ccc3cncnc32)cc1Br. The lowest BCUT2D eigenvalue weighted by molar-refractivity contribution is 1.06. The highest BCUT2D eigenvalue weighted by Crippen LogP contribution is 2.28. The van der Waals surface area contributed by atoms with E-state index in [1.54, 1.807) is 6.33 Å². The molecule has 4 nitrogen and oxygen atoms in total. The minimum absolute atomic E-state index is 0.916. The molecule has 1 aromatic carbocycles. The Balaban J connectivity index is 2.14. The van der Waals surface area contributed by atoms with Crippen LogP contribution in [-0.4, -0.2) is 28.6 Å². The number of benzene rings is 1. The molecule has 0 aliphatic heterocycles. The molecule has 0 spiro atoms. The zero-order chi connectivity index (χ0) is 13.4. The molecule has 2 heterocycles. The monoisotopic (exact) mass is 316 g/mol. The fourth-order valence-electron chi connectivity index (χ4n) is 2.09. The molecule has 0 saturated heterocycles. The van der Waals surface area contributed by atoms with Crippen LogP contribution in [-0.2, 0) is 0 Å². The summed E-state index contributed by atoms with van der Waals surface area (Å²) in [6, 6.07) is 8.29. The molecular formula is C14H13BrN4. The van der Waals surface area contributed by atoms with Crippen LogP contribution in [0.25, 0.3) is 16.7 Å². The summed E-state index contributed by atoms with van der Waals surface area (Å²) >= 11 is 3.61. The molecule has 0 unspecified atom stereocenters. The second kappa shape index (κ2) is 4.66. The first-order valence-electron chi connectivity index (χ1n) is 5.91. The molecule has 5 heteroatoms. The maximum Gasteiger partial charge on any atom is 0.147 e. The van der Waals surface area contributed by atoms with Crippen LogP contribution in [0.1, 0.15) is 0 Å². The Kier molecular flexibility index (Phi) is 2.98. The first-order chi connectivity index (χ1) is 9.16. The average molecular weight is 317 g/mol. The van der Waals surface area contributed by atoms with E-state index in [0.29, 0.717) is 0 Å². The fourth-order valence-corrected chi connectivity index (χ4v) is 2.82. The summed E-state index contributed by atoms with van der Waals surface area (Å²) in [4.78, 5) is 10.4. The standard InChI is InChI=1S/C14H13BrN4/c1-18(2)13-4-3-11(7-12(13)15)19-6-5-10-8-16-9-17-14(10)19/h3-9H,1-2H3. The molecule has 0 radical (unpaired) electrons. The van der Waals surface area contributed by atoms with Crippen molar-refractivity contribution in [1.29, 1.82) is 0 Å². The number of rotatable bonds is 2. The molecule has 0 amide bonds. The number of hydrogen-bond donors (Lipinski definition) is 0. The first-order valence-corrected chi connectivity index (χ1v) is 6.70. The van der Waals surface area contributed by atoms with E-state index in [2.05, 4.69) is 53.6 Å². The summed E-state index contributed by atoms with van der Waals surface area (Å²) < 4.78 is 3.12. The van der Waals surface area contributed by atoms with Gasteiger partial charge in [0, 0.05) is 42.0 Å². The zero-order valence-electron chi connectivity index (χ0n) is 10.7. The van der Waals surface area contributed by atoms with Crippen molar-refractivity contribution in [3.8, 4) is 5.69 Å². The molecular weight excluding hydrogens is 304 g/mol. The van der Waals surface area contributed by atoms with Crippen molar-refractivity contribution in [2.24, 2.45) is 0 Å². The lowest BCUT2D eigenvalue weighted by Crippen LogP contribution is -2.09. The van der Waals surface area contributed by atoms with Gasteiger partial charge in [-0.05, 0) is 40.2 Å². The van der Waals surface area contributed by atoms with Crippen molar-refractivity contribution < 1.29 is 0 Å². The van der Waals surface area contributed by atoms with Gasteiger partial charge in [0.2, 0.25) is 0 Å². The van der Waals surface area contributed by atoms with Gasteiger partial charge in [-0.2, -0.15) is 0 Å². The van der Waals surface area contributed by atoms with Crippen LogP contribution in [0.5, 0.6) is 0 Å². The van der Waals surface area contributed by atoms with Gasteiger partial charge in [-0.3, -0.25) is 0 Å². The van der Waals surface area contributed by atoms with Gasteiger partial charge in [0.15, 0.2) is 0 Å². The zero-order valence-corrected chi connectivity index (χ0v) is 12.3. The van der Waals surface area contributed by atoms with E-state index in [0.717, 1.165) is 26.9 Å². The maximum absolute atomic E-state index is 4.33. The van der Waals surface area contributed by atoms with Gasteiger partial charge in [-0.15, -0.1) is 0 Å². The minimum Gasteiger partial charge on any atom is -0.377 e. The smallest absolute Gasteiger partial charge is 0.147 e. The van der Waals surface area contributed by atoms with Crippen LogP contribution in [0.2, 0.25) is 0 Å². The molecule has 0 fully saturated rings. The highest BCUT2D eigenvalue weighted by molar-refractivity contribution is 9.10. The number of nitrogens with zero attached hydrogens (tertiary/aromatic N) is 4. The Morgan fingerprint density at radius 2 is 2.05 bits per heavy atom. The van der Waals surface area contributed by atoms with E-state index >= 15 is 0 Å². The van der Waals surface area contributed by atoms with E-state index in [9.17, 15) is 0 Å². The average Bonchev–Trinajstić information content (AvgIpc) is 2.82. The summed E-state index contributed by atoms with van der Waals surface area (Å²) in [6.07, 6.45) is 5.40. The van der Waals surface area contributed by atoms with Gasteiger partial charge in [0.1, 0.15) is 12.0 Å². The highest BCUT2D eigenvalue weighted by Gasteiger charge is 2.07. The maximum atomic E-state index is 4.33. The lowest BCUT2D eigenvalue weighted by atomic mass is 10.2. The fraction of sp³-hybridized carbons (Fsp3) is 0.143. The van der Waals surface area contributed by atoms with Crippen LogP contribution in [0.3, 0.4) is 0 Å². The van der Waals surface area contributed by atoms with Crippen LogP contribution in [0.4, 0.5) is 5.69 Å². The minimum atomic E-state index is 0.916. The molecule has 3 rings (SSSR count). The molecule has 0 aliphatic rings. The van der Waals surface area contributed by atoms with Crippen molar-refractivity contribution in [2.45, 2.75) is 0 Å². The molecule has 2 aromatic heterocycles. The molecule has 0 aliphatic carbocycles. The number of aromatic nitrogens is 3. The highest BCUT2D eigenvalue weighted by atomic mass is 79.9. The molecule has 3 aromatic rings. The second-order valence-electron chi connectivity index (χ2n) is 4.52. The quantitative estimate of drug-likeness (QED) is 0.727. The van der Waals surface area contributed by atoms with Crippen LogP contribution < -0.4 is 4.90 Å². The predicted molar refractivity (Wildman–Crippen MR) is 80.9 cm³/mol. The molecule has 0 saturated carbocycles. The van der Waals surface area contributed by atoms with Gasteiger partial charge >= 0.3 is 0 Å². The van der Waals surface area contributed by atoms with E-state index in [-0.39, 0.29) is 0 Å². The summed E-state index contributed by atoms with van der Waals surface area (Å²) in [6.45, 7) is 0. The Morgan fingerprint density at radius 1 is 1.21 bits per heavy atom. The second-order valence-corrected chi connectivity index (χ2v) is 5.37. The number of hydrogen-bond acceptors (Lipinski definition) is 3. The summed E-state index contributed by atoms with van der Waals surface area (Å²) in [7, 11) is 4.05. The molecule has 0 atom stereocenters. The molecule has 0 N–H and O–H groups in total. The summed E-state index contributed by atoms with van der Waals surface area (Å²) in [5.74, 6) is 0. The third-order valence-electron chi connectivity index (χ3n) is 3.04. The Bertz CT molecular complexity index is 733. The van der Waals surface area contributed by atoms with E-state index in [1.807, 2.05) is 32.6 Å². The van der Waals surface area contributed by atoms with Crippen molar-refractivity contribution >= 4 is 32.7 Å². The van der Waals surface area contributed by atoms with Gasteiger partial charge in [0.25, 0.3) is 0 Å². The largest absolute Gasteiger partial charge is 0.377 e. The van der Waals surface area contributed by atoms with Gasteiger partial charge in [-0.25, -0.2) is 9.97 Å². The number of halogens is 1. The Hall–Kier alpha value is -1.88.